The van der Waals surface area contributed by atoms with Gasteiger partial charge in [-0.1, -0.05) is 6.07 Å². The maximum absolute atomic E-state index is 5.44. The first-order chi connectivity index (χ1) is 10.2. The average Bonchev–Trinajstić information content (AvgIpc) is 2.54. The predicted molar refractivity (Wildman–Crippen MR) is 83.7 cm³/mol. The van der Waals surface area contributed by atoms with E-state index in [1.807, 2.05) is 42.6 Å². The van der Waals surface area contributed by atoms with Crippen LogP contribution in [-0.4, -0.2) is 19.2 Å². The van der Waals surface area contributed by atoms with Crippen molar-refractivity contribution in [2.24, 2.45) is 0 Å². The zero-order valence-corrected chi connectivity index (χ0v) is 13.0. The van der Waals surface area contributed by atoms with Gasteiger partial charge < -0.3 is 14.8 Å². The molecule has 4 nitrogen and oxygen atoms in total. The van der Waals surface area contributed by atoms with Crippen LogP contribution in [0.25, 0.3) is 0 Å². The SMILES string of the molecule is COc1ccc(OC)c(C(C)N[C@@H](C)c2ccccn2)c1. The predicted octanol–water partition coefficient (Wildman–Crippen LogP) is 3.51. The van der Waals surface area contributed by atoms with E-state index in [1.165, 1.54) is 0 Å². The molecule has 0 saturated carbocycles. The molecule has 2 aromatic rings. The summed E-state index contributed by atoms with van der Waals surface area (Å²) < 4.78 is 10.7. The Morgan fingerprint density at radius 2 is 1.81 bits per heavy atom. The average molecular weight is 286 g/mol. The number of nitrogens with zero attached hydrogens (tertiary/aromatic N) is 1. The van der Waals surface area contributed by atoms with Crippen molar-refractivity contribution in [3.8, 4) is 11.5 Å². The topological polar surface area (TPSA) is 43.4 Å². The van der Waals surface area contributed by atoms with Crippen LogP contribution in [0.1, 0.15) is 37.2 Å². The van der Waals surface area contributed by atoms with E-state index >= 15 is 0 Å². The van der Waals surface area contributed by atoms with Gasteiger partial charge in [-0.15, -0.1) is 0 Å². The lowest BCUT2D eigenvalue weighted by Crippen LogP contribution is -2.23. The van der Waals surface area contributed by atoms with Gasteiger partial charge in [0.15, 0.2) is 0 Å². The van der Waals surface area contributed by atoms with E-state index in [1.54, 1.807) is 14.2 Å². The van der Waals surface area contributed by atoms with Gasteiger partial charge in [0.1, 0.15) is 11.5 Å². The Kier molecular flexibility index (Phi) is 5.17. The van der Waals surface area contributed by atoms with Crippen molar-refractivity contribution in [3.05, 3.63) is 53.9 Å². The molecule has 4 heteroatoms. The molecule has 0 saturated heterocycles. The zero-order chi connectivity index (χ0) is 15.2. The van der Waals surface area contributed by atoms with E-state index in [2.05, 4.69) is 24.1 Å². The van der Waals surface area contributed by atoms with Crippen molar-refractivity contribution in [3.63, 3.8) is 0 Å². The first kappa shape index (κ1) is 15.3. The van der Waals surface area contributed by atoms with Crippen molar-refractivity contribution < 1.29 is 9.47 Å². The summed E-state index contributed by atoms with van der Waals surface area (Å²) in [4.78, 5) is 4.38. The molecule has 0 aliphatic carbocycles. The number of methoxy groups -OCH3 is 2. The van der Waals surface area contributed by atoms with E-state index in [9.17, 15) is 0 Å². The molecule has 0 bridgehead atoms. The molecule has 1 heterocycles. The molecule has 1 unspecified atom stereocenters. The number of hydrogen-bond acceptors (Lipinski definition) is 4. The van der Waals surface area contributed by atoms with E-state index in [4.69, 9.17) is 9.47 Å². The summed E-state index contributed by atoms with van der Waals surface area (Å²) in [5, 5.41) is 3.54. The number of ether oxygens (including phenoxy) is 2. The molecule has 2 atom stereocenters. The van der Waals surface area contributed by atoms with E-state index in [0.29, 0.717) is 0 Å². The summed E-state index contributed by atoms with van der Waals surface area (Å²) in [6.45, 7) is 4.21. The van der Waals surface area contributed by atoms with E-state index < -0.39 is 0 Å². The summed E-state index contributed by atoms with van der Waals surface area (Å²) in [7, 11) is 3.35. The Hall–Kier alpha value is -2.07. The molecule has 1 aromatic heterocycles. The number of benzene rings is 1. The molecule has 0 amide bonds. The van der Waals surface area contributed by atoms with Gasteiger partial charge in [-0.2, -0.15) is 0 Å². The lowest BCUT2D eigenvalue weighted by molar-refractivity contribution is 0.387. The van der Waals surface area contributed by atoms with Gasteiger partial charge in [0.2, 0.25) is 0 Å². The number of aromatic nitrogens is 1. The van der Waals surface area contributed by atoms with Crippen molar-refractivity contribution in [2.75, 3.05) is 14.2 Å². The minimum Gasteiger partial charge on any atom is -0.497 e. The van der Waals surface area contributed by atoms with Crippen LogP contribution in [0.15, 0.2) is 42.6 Å². The molecule has 21 heavy (non-hydrogen) atoms. The van der Waals surface area contributed by atoms with Gasteiger partial charge >= 0.3 is 0 Å². The molecule has 0 radical (unpaired) electrons. The molecule has 1 aromatic carbocycles. The Morgan fingerprint density at radius 3 is 2.43 bits per heavy atom. The van der Waals surface area contributed by atoms with Crippen LogP contribution in [0.3, 0.4) is 0 Å². The lowest BCUT2D eigenvalue weighted by atomic mass is 10.0. The fraction of sp³-hybridized carbons (Fsp3) is 0.353. The maximum Gasteiger partial charge on any atom is 0.123 e. The Labute approximate surface area is 126 Å². The van der Waals surface area contributed by atoms with E-state index in [0.717, 1.165) is 22.8 Å². The van der Waals surface area contributed by atoms with Crippen LogP contribution in [-0.2, 0) is 0 Å². The first-order valence-corrected chi connectivity index (χ1v) is 7.04. The summed E-state index contributed by atoms with van der Waals surface area (Å²) >= 11 is 0. The molecule has 0 aliphatic heterocycles. The Morgan fingerprint density at radius 1 is 1.00 bits per heavy atom. The monoisotopic (exact) mass is 286 g/mol. The van der Waals surface area contributed by atoms with Crippen LogP contribution in [0.4, 0.5) is 0 Å². The third-order valence-electron chi connectivity index (χ3n) is 3.53. The molecule has 112 valence electrons. The molecule has 0 spiro atoms. The third-order valence-corrected chi connectivity index (χ3v) is 3.53. The molecular formula is C17H22N2O2. The molecule has 1 N–H and O–H groups in total. The standard InChI is InChI=1S/C17H22N2O2/c1-12(19-13(2)16-7-5-6-10-18-16)15-11-14(20-3)8-9-17(15)21-4/h5-13,19H,1-4H3/t12?,13-/m0/s1. The van der Waals surface area contributed by atoms with E-state index in [-0.39, 0.29) is 12.1 Å². The smallest absolute Gasteiger partial charge is 0.123 e. The summed E-state index contributed by atoms with van der Waals surface area (Å²) in [5.41, 5.74) is 2.09. The lowest BCUT2D eigenvalue weighted by Gasteiger charge is -2.22. The molecule has 0 aliphatic rings. The fourth-order valence-corrected chi connectivity index (χ4v) is 2.36. The summed E-state index contributed by atoms with van der Waals surface area (Å²) in [5.74, 6) is 1.67. The van der Waals surface area contributed by atoms with Crippen LogP contribution >= 0.6 is 0 Å². The number of nitrogens with one attached hydrogen (secondary N) is 1. The Balaban J connectivity index is 2.18. The normalized spacial score (nSPS) is 13.5. The largest absolute Gasteiger partial charge is 0.497 e. The molecular weight excluding hydrogens is 264 g/mol. The summed E-state index contributed by atoms with van der Waals surface area (Å²) in [6.07, 6.45) is 1.81. The minimum atomic E-state index is 0.118. The fourth-order valence-electron chi connectivity index (χ4n) is 2.36. The highest BCUT2D eigenvalue weighted by Crippen LogP contribution is 2.30. The minimum absolute atomic E-state index is 0.118. The third kappa shape index (κ3) is 3.73. The zero-order valence-electron chi connectivity index (χ0n) is 13.0. The van der Waals surface area contributed by atoms with Gasteiger partial charge in [-0.05, 0) is 44.2 Å². The van der Waals surface area contributed by atoms with Gasteiger partial charge in [-0.3, -0.25) is 4.98 Å². The second-order valence-corrected chi connectivity index (χ2v) is 4.97. The number of rotatable bonds is 6. The highest BCUT2D eigenvalue weighted by atomic mass is 16.5. The van der Waals surface area contributed by atoms with Crippen molar-refractivity contribution in [1.82, 2.24) is 10.3 Å². The van der Waals surface area contributed by atoms with Gasteiger partial charge in [0.25, 0.3) is 0 Å². The van der Waals surface area contributed by atoms with Crippen LogP contribution in [0, 0.1) is 0 Å². The van der Waals surface area contributed by atoms with Crippen molar-refractivity contribution >= 4 is 0 Å². The van der Waals surface area contributed by atoms with Crippen molar-refractivity contribution in [2.45, 2.75) is 25.9 Å². The molecule has 0 fully saturated rings. The highest BCUT2D eigenvalue weighted by molar-refractivity contribution is 5.42. The van der Waals surface area contributed by atoms with Crippen LogP contribution in [0.2, 0.25) is 0 Å². The second kappa shape index (κ2) is 7.09. The quantitative estimate of drug-likeness (QED) is 0.882. The number of pyridine rings is 1. The van der Waals surface area contributed by atoms with Gasteiger partial charge in [0, 0.05) is 23.8 Å². The maximum atomic E-state index is 5.44. The van der Waals surface area contributed by atoms with Crippen LogP contribution in [0.5, 0.6) is 11.5 Å². The summed E-state index contributed by atoms with van der Waals surface area (Å²) in [6, 6.07) is 12.0. The molecule has 2 rings (SSSR count). The first-order valence-electron chi connectivity index (χ1n) is 7.04. The second-order valence-electron chi connectivity index (χ2n) is 4.97. The number of hydrogen-bond donors (Lipinski definition) is 1. The van der Waals surface area contributed by atoms with Gasteiger partial charge in [-0.25, -0.2) is 0 Å². The Bertz CT molecular complexity index is 572. The van der Waals surface area contributed by atoms with Crippen molar-refractivity contribution in [1.29, 1.82) is 0 Å². The van der Waals surface area contributed by atoms with Crippen LogP contribution < -0.4 is 14.8 Å². The highest BCUT2D eigenvalue weighted by Gasteiger charge is 2.16. The van der Waals surface area contributed by atoms with Gasteiger partial charge in [0.05, 0.1) is 19.9 Å².